The lowest BCUT2D eigenvalue weighted by Crippen LogP contribution is -2.03. The number of nitrogens with zero attached hydrogens (tertiary/aromatic N) is 2. The highest BCUT2D eigenvalue weighted by molar-refractivity contribution is 5.82. The van der Waals surface area contributed by atoms with Crippen LogP contribution in [0, 0.1) is 6.92 Å². The maximum Gasteiger partial charge on any atom is 0.141 e. The van der Waals surface area contributed by atoms with Crippen molar-refractivity contribution in [2.45, 2.75) is 26.3 Å². The summed E-state index contributed by atoms with van der Waals surface area (Å²) in [6.45, 7) is 3.07. The second-order valence-corrected chi connectivity index (χ2v) is 6.85. The van der Waals surface area contributed by atoms with Gasteiger partial charge in [-0.2, -0.15) is 0 Å². The van der Waals surface area contributed by atoms with E-state index in [1.165, 1.54) is 16.7 Å². The van der Waals surface area contributed by atoms with Crippen LogP contribution in [0.15, 0.2) is 72.8 Å². The van der Waals surface area contributed by atoms with Crippen molar-refractivity contribution in [1.82, 2.24) is 9.55 Å². The summed E-state index contributed by atoms with van der Waals surface area (Å²) < 4.78 is 7.74. The first-order valence-corrected chi connectivity index (χ1v) is 9.40. The van der Waals surface area contributed by atoms with Crippen LogP contribution in [0.3, 0.4) is 0 Å². The summed E-state index contributed by atoms with van der Waals surface area (Å²) in [4.78, 5) is 4.96. The molecule has 0 amide bonds. The molecule has 136 valence electrons. The molecule has 0 atom stereocenters. The molecule has 1 heterocycles. The Kier molecular flexibility index (Phi) is 4.93. The van der Waals surface area contributed by atoms with Gasteiger partial charge in [0, 0.05) is 18.2 Å². The van der Waals surface area contributed by atoms with Crippen molar-refractivity contribution in [1.29, 1.82) is 0 Å². The standard InChI is InChI=1S/C24H24N2O/c1-18-9-6-7-13-21(18)24-25-22-17-20(27-2)14-15-23(22)26(24)16-8-12-19-10-4-3-5-11-19/h3-7,9-11,13-15,17H,8,12,16H2,1-2H3. The van der Waals surface area contributed by atoms with E-state index in [-0.39, 0.29) is 0 Å². The Morgan fingerprint density at radius 3 is 2.48 bits per heavy atom. The molecule has 0 unspecified atom stereocenters. The number of fused-ring (bicyclic) bond motifs is 1. The summed E-state index contributed by atoms with van der Waals surface area (Å²) >= 11 is 0. The van der Waals surface area contributed by atoms with Crippen LogP contribution in [-0.4, -0.2) is 16.7 Å². The molecule has 27 heavy (non-hydrogen) atoms. The van der Waals surface area contributed by atoms with Crippen molar-refractivity contribution < 1.29 is 4.74 Å². The van der Waals surface area contributed by atoms with Crippen LogP contribution in [0.25, 0.3) is 22.4 Å². The van der Waals surface area contributed by atoms with Crippen LogP contribution in [-0.2, 0) is 13.0 Å². The van der Waals surface area contributed by atoms with E-state index in [1.807, 2.05) is 12.1 Å². The Balaban J connectivity index is 1.72. The van der Waals surface area contributed by atoms with Crippen molar-refractivity contribution >= 4 is 11.0 Å². The van der Waals surface area contributed by atoms with Crippen LogP contribution in [0.4, 0.5) is 0 Å². The first-order valence-electron chi connectivity index (χ1n) is 9.40. The van der Waals surface area contributed by atoms with E-state index in [4.69, 9.17) is 9.72 Å². The van der Waals surface area contributed by atoms with Crippen LogP contribution in [0.2, 0.25) is 0 Å². The lowest BCUT2D eigenvalue weighted by atomic mass is 10.1. The molecule has 4 rings (SSSR count). The average Bonchev–Trinajstić information content (AvgIpc) is 3.06. The number of ether oxygens (including phenoxy) is 1. The minimum absolute atomic E-state index is 0.841. The largest absolute Gasteiger partial charge is 0.497 e. The second kappa shape index (κ2) is 7.67. The number of hydrogen-bond acceptors (Lipinski definition) is 2. The zero-order valence-corrected chi connectivity index (χ0v) is 15.9. The molecular formula is C24H24N2O. The number of benzene rings is 3. The molecule has 4 aromatic rings. The molecule has 0 aliphatic rings. The summed E-state index contributed by atoms with van der Waals surface area (Å²) in [6, 6.07) is 25.3. The number of rotatable bonds is 6. The molecule has 0 bridgehead atoms. The smallest absolute Gasteiger partial charge is 0.141 e. The van der Waals surface area contributed by atoms with Gasteiger partial charge in [0.1, 0.15) is 11.6 Å². The van der Waals surface area contributed by atoms with Crippen molar-refractivity contribution in [2.24, 2.45) is 0 Å². The van der Waals surface area contributed by atoms with E-state index in [0.717, 1.165) is 42.0 Å². The normalized spacial score (nSPS) is 11.0. The van der Waals surface area contributed by atoms with Gasteiger partial charge in [-0.15, -0.1) is 0 Å². The highest BCUT2D eigenvalue weighted by Crippen LogP contribution is 2.29. The summed E-state index contributed by atoms with van der Waals surface area (Å²) in [7, 11) is 1.69. The van der Waals surface area contributed by atoms with Crippen molar-refractivity contribution in [3.05, 3.63) is 83.9 Å². The van der Waals surface area contributed by atoms with Crippen LogP contribution in [0.1, 0.15) is 17.5 Å². The Bertz CT molecular complexity index is 1050. The molecular weight excluding hydrogens is 332 g/mol. The molecule has 0 saturated carbocycles. The minimum Gasteiger partial charge on any atom is -0.497 e. The molecule has 1 aromatic heterocycles. The Hall–Kier alpha value is -3.07. The highest BCUT2D eigenvalue weighted by atomic mass is 16.5. The van der Waals surface area contributed by atoms with Gasteiger partial charge in [0.15, 0.2) is 0 Å². The maximum absolute atomic E-state index is 5.39. The van der Waals surface area contributed by atoms with E-state index in [0.29, 0.717) is 0 Å². The van der Waals surface area contributed by atoms with Crippen LogP contribution < -0.4 is 4.74 Å². The van der Waals surface area contributed by atoms with Crippen molar-refractivity contribution in [2.75, 3.05) is 7.11 Å². The number of imidazole rings is 1. The fourth-order valence-electron chi connectivity index (χ4n) is 3.58. The second-order valence-electron chi connectivity index (χ2n) is 6.85. The van der Waals surface area contributed by atoms with Crippen molar-refractivity contribution in [3.63, 3.8) is 0 Å². The van der Waals surface area contributed by atoms with Gasteiger partial charge >= 0.3 is 0 Å². The van der Waals surface area contributed by atoms with Gasteiger partial charge in [0.05, 0.1) is 18.1 Å². The SMILES string of the molecule is COc1ccc2c(c1)nc(-c1ccccc1C)n2CCCc1ccccc1. The van der Waals surface area contributed by atoms with E-state index < -0.39 is 0 Å². The molecule has 0 aliphatic carbocycles. The molecule has 3 aromatic carbocycles. The van der Waals surface area contributed by atoms with E-state index >= 15 is 0 Å². The summed E-state index contributed by atoms with van der Waals surface area (Å²) in [6.07, 6.45) is 2.13. The molecule has 0 saturated heterocycles. The first-order chi connectivity index (χ1) is 13.3. The predicted molar refractivity (Wildman–Crippen MR) is 111 cm³/mol. The number of aromatic nitrogens is 2. The summed E-state index contributed by atoms with van der Waals surface area (Å²) in [5.74, 6) is 1.87. The van der Waals surface area contributed by atoms with E-state index in [2.05, 4.69) is 72.2 Å². The van der Waals surface area contributed by atoms with Crippen LogP contribution >= 0.6 is 0 Å². The summed E-state index contributed by atoms with van der Waals surface area (Å²) in [5.41, 5.74) is 5.94. The van der Waals surface area contributed by atoms with Gasteiger partial charge in [0.2, 0.25) is 0 Å². The van der Waals surface area contributed by atoms with Gasteiger partial charge in [-0.05, 0) is 43.0 Å². The predicted octanol–water partition coefficient (Wildman–Crippen LogP) is 5.65. The molecule has 0 spiro atoms. The molecule has 0 radical (unpaired) electrons. The fraction of sp³-hybridized carbons (Fsp3) is 0.208. The Morgan fingerprint density at radius 1 is 0.926 bits per heavy atom. The molecule has 0 N–H and O–H groups in total. The van der Waals surface area contributed by atoms with E-state index in [1.54, 1.807) is 7.11 Å². The zero-order valence-electron chi connectivity index (χ0n) is 15.9. The number of hydrogen-bond donors (Lipinski definition) is 0. The van der Waals surface area contributed by atoms with Crippen molar-refractivity contribution in [3.8, 4) is 17.1 Å². The Morgan fingerprint density at radius 2 is 1.70 bits per heavy atom. The lowest BCUT2D eigenvalue weighted by Gasteiger charge is -2.11. The fourth-order valence-corrected chi connectivity index (χ4v) is 3.58. The third-order valence-corrected chi connectivity index (χ3v) is 5.03. The van der Waals surface area contributed by atoms with Gasteiger partial charge in [0.25, 0.3) is 0 Å². The molecule has 0 aliphatic heterocycles. The van der Waals surface area contributed by atoms with Gasteiger partial charge < -0.3 is 9.30 Å². The Labute approximate surface area is 160 Å². The van der Waals surface area contributed by atoms with Gasteiger partial charge in [-0.25, -0.2) is 4.98 Å². The average molecular weight is 356 g/mol. The highest BCUT2D eigenvalue weighted by Gasteiger charge is 2.14. The zero-order chi connectivity index (χ0) is 18.6. The van der Waals surface area contributed by atoms with E-state index in [9.17, 15) is 0 Å². The summed E-state index contributed by atoms with van der Waals surface area (Å²) in [5, 5.41) is 0. The number of methoxy groups -OCH3 is 1. The molecule has 3 heteroatoms. The quantitative estimate of drug-likeness (QED) is 0.446. The molecule has 3 nitrogen and oxygen atoms in total. The first kappa shape index (κ1) is 17.3. The third kappa shape index (κ3) is 3.59. The molecule has 0 fully saturated rings. The maximum atomic E-state index is 5.39. The number of aryl methyl sites for hydroxylation is 3. The minimum atomic E-state index is 0.841. The topological polar surface area (TPSA) is 27.1 Å². The van der Waals surface area contributed by atoms with Crippen LogP contribution in [0.5, 0.6) is 5.75 Å². The lowest BCUT2D eigenvalue weighted by molar-refractivity contribution is 0.415. The monoisotopic (exact) mass is 356 g/mol. The third-order valence-electron chi connectivity index (χ3n) is 5.03. The van der Waals surface area contributed by atoms with Gasteiger partial charge in [-0.3, -0.25) is 0 Å². The van der Waals surface area contributed by atoms with Gasteiger partial charge in [-0.1, -0.05) is 54.6 Å².